The Morgan fingerprint density at radius 2 is 0.818 bits per heavy atom. The average molecular weight is 369 g/mol. The molecule has 0 nitrogen and oxygen atoms in total. The highest BCUT2D eigenvalue weighted by molar-refractivity contribution is 9.15. The zero-order chi connectivity index (χ0) is 14.5. The van der Waals surface area contributed by atoms with Gasteiger partial charge < -0.3 is 0 Å². The molecule has 0 aliphatic carbocycles. The zero-order valence-electron chi connectivity index (χ0n) is 12.2. The topological polar surface area (TPSA) is 0 Å². The van der Waals surface area contributed by atoms with Crippen LogP contribution in [-0.2, 0) is 0 Å². The van der Waals surface area contributed by atoms with E-state index in [2.05, 4.69) is 88.7 Å². The lowest BCUT2D eigenvalue weighted by atomic mass is 9.96. The van der Waals surface area contributed by atoms with Crippen molar-refractivity contribution >= 4 is 35.9 Å². The van der Waals surface area contributed by atoms with Gasteiger partial charge in [0.15, 0.2) is 0 Å². The third-order valence-electron chi connectivity index (χ3n) is 3.37. The summed E-state index contributed by atoms with van der Waals surface area (Å²) in [6, 6.07) is 31.4. The van der Waals surface area contributed by atoms with E-state index in [1.165, 1.54) is 22.3 Å². The maximum atomic E-state index is 3.81. The molecular formula is C20H18BrP. The summed E-state index contributed by atoms with van der Waals surface area (Å²) >= 11 is 3.81. The molecule has 3 rings (SSSR count). The predicted octanol–water partition coefficient (Wildman–Crippen LogP) is 6.06. The first kappa shape index (κ1) is 16.7. The lowest BCUT2D eigenvalue weighted by Crippen LogP contribution is -1.90. The van der Waals surface area contributed by atoms with E-state index in [4.69, 9.17) is 0 Å². The van der Waals surface area contributed by atoms with E-state index in [-0.39, 0.29) is 9.90 Å². The van der Waals surface area contributed by atoms with Crippen molar-refractivity contribution in [2.24, 2.45) is 0 Å². The van der Waals surface area contributed by atoms with Crippen molar-refractivity contribution < 1.29 is 0 Å². The third-order valence-corrected chi connectivity index (χ3v) is 4.23. The Bertz CT molecular complexity index is 693. The van der Waals surface area contributed by atoms with Crippen molar-refractivity contribution in [3.05, 3.63) is 108 Å². The highest BCUT2D eigenvalue weighted by Gasteiger charge is 2.11. The summed E-state index contributed by atoms with van der Waals surface area (Å²) in [6.07, 6.45) is 0. The third kappa shape index (κ3) is 3.74. The van der Waals surface area contributed by atoms with Crippen LogP contribution in [0.25, 0.3) is 10.1 Å². The van der Waals surface area contributed by atoms with E-state index in [0.717, 1.165) is 4.48 Å². The van der Waals surface area contributed by atoms with Crippen LogP contribution in [0.4, 0.5) is 0 Å². The summed E-state index contributed by atoms with van der Waals surface area (Å²) < 4.78 is 1.11. The molecule has 0 amide bonds. The fourth-order valence-corrected chi connectivity index (χ4v) is 3.08. The van der Waals surface area contributed by atoms with Crippen LogP contribution in [0.5, 0.6) is 0 Å². The van der Waals surface area contributed by atoms with Crippen LogP contribution < -0.4 is 0 Å². The largest absolute Gasteiger partial charge is 0.153 e. The number of benzene rings is 3. The van der Waals surface area contributed by atoms with E-state index in [0.29, 0.717) is 0 Å². The zero-order valence-corrected chi connectivity index (χ0v) is 15.2. The molecule has 0 spiro atoms. The van der Waals surface area contributed by atoms with Gasteiger partial charge in [-0.25, -0.2) is 0 Å². The molecule has 2 heteroatoms. The van der Waals surface area contributed by atoms with E-state index < -0.39 is 0 Å². The molecule has 1 unspecified atom stereocenters. The molecule has 0 bridgehead atoms. The van der Waals surface area contributed by atoms with E-state index >= 15 is 0 Å². The van der Waals surface area contributed by atoms with Crippen LogP contribution in [0.3, 0.4) is 0 Å². The molecule has 0 aromatic heterocycles. The van der Waals surface area contributed by atoms with Crippen molar-refractivity contribution in [3.8, 4) is 0 Å². The van der Waals surface area contributed by atoms with Crippen LogP contribution in [0.1, 0.15) is 16.7 Å². The maximum Gasteiger partial charge on any atom is 0.0332 e. The molecule has 0 saturated heterocycles. The number of hydrogen-bond acceptors (Lipinski definition) is 0. The van der Waals surface area contributed by atoms with E-state index in [1.54, 1.807) is 0 Å². The van der Waals surface area contributed by atoms with Crippen LogP contribution in [0.2, 0.25) is 0 Å². The van der Waals surface area contributed by atoms with Crippen molar-refractivity contribution in [1.29, 1.82) is 0 Å². The summed E-state index contributed by atoms with van der Waals surface area (Å²) in [4.78, 5) is 0. The molecule has 22 heavy (non-hydrogen) atoms. The first-order chi connectivity index (χ1) is 10.4. The normalized spacial score (nSPS) is 9.68. The minimum atomic E-state index is 0. The van der Waals surface area contributed by atoms with E-state index in [1.807, 2.05) is 18.2 Å². The maximum absolute atomic E-state index is 3.81. The molecule has 0 N–H and O–H groups in total. The highest BCUT2D eigenvalue weighted by Crippen LogP contribution is 2.35. The molecule has 1 atom stereocenters. The van der Waals surface area contributed by atoms with Crippen LogP contribution in [0.15, 0.2) is 91.0 Å². The molecule has 0 fully saturated rings. The molecule has 0 saturated carbocycles. The van der Waals surface area contributed by atoms with Gasteiger partial charge in [-0.2, -0.15) is 9.90 Å². The van der Waals surface area contributed by atoms with Crippen molar-refractivity contribution in [2.45, 2.75) is 0 Å². The van der Waals surface area contributed by atoms with Gasteiger partial charge in [0.05, 0.1) is 0 Å². The van der Waals surface area contributed by atoms with Crippen molar-refractivity contribution in [2.75, 3.05) is 0 Å². The number of rotatable bonds is 3. The second-order valence-corrected chi connectivity index (χ2v) is 5.58. The summed E-state index contributed by atoms with van der Waals surface area (Å²) in [7, 11) is 0. The summed E-state index contributed by atoms with van der Waals surface area (Å²) in [5, 5.41) is 0. The molecule has 3 aromatic carbocycles. The van der Waals surface area contributed by atoms with Gasteiger partial charge in [0, 0.05) is 10.1 Å². The lowest BCUT2D eigenvalue weighted by Gasteiger charge is -2.12. The minimum Gasteiger partial charge on any atom is -0.153 e. The quantitative estimate of drug-likeness (QED) is 0.389. The van der Waals surface area contributed by atoms with Gasteiger partial charge in [-0.05, 0) is 32.6 Å². The second-order valence-electron chi connectivity index (χ2n) is 4.79. The van der Waals surface area contributed by atoms with Crippen molar-refractivity contribution in [3.63, 3.8) is 0 Å². The molecular weight excluding hydrogens is 351 g/mol. The van der Waals surface area contributed by atoms with Gasteiger partial charge in [0.1, 0.15) is 0 Å². The average Bonchev–Trinajstić information content (AvgIpc) is 2.58. The Hall–Kier alpha value is -1.69. The van der Waals surface area contributed by atoms with Gasteiger partial charge in [-0.1, -0.05) is 91.0 Å². The molecule has 0 aliphatic rings. The molecule has 110 valence electrons. The summed E-state index contributed by atoms with van der Waals surface area (Å²) in [6.45, 7) is 0. The van der Waals surface area contributed by atoms with Crippen LogP contribution in [0, 0.1) is 0 Å². The standard InChI is InChI=1S/C20H15Br.H3P/c21-20(18-14-8-3-9-15-18)19(16-10-4-1-5-11-16)17-12-6-2-7-13-17;/h1-15H;1H3. The van der Waals surface area contributed by atoms with Gasteiger partial charge in [0.25, 0.3) is 0 Å². The predicted molar refractivity (Wildman–Crippen MR) is 105 cm³/mol. The number of hydrogen-bond donors (Lipinski definition) is 0. The Morgan fingerprint density at radius 3 is 1.18 bits per heavy atom. The van der Waals surface area contributed by atoms with Crippen LogP contribution in [-0.4, -0.2) is 0 Å². The monoisotopic (exact) mass is 368 g/mol. The summed E-state index contributed by atoms with van der Waals surface area (Å²) in [5.74, 6) is 0. The van der Waals surface area contributed by atoms with Crippen molar-refractivity contribution in [1.82, 2.24) is 0 Å². The molecule has 0 aliphatic heterocycles. The molecule has 0 heterocycles. The second kappa shape index (κ2) is 8.08. The molecule has 0 radical (unpaired) electrons. The highest BCUT2D eigenvalue weighted by atomic mass is 79.9. The van der Waals surface area contributed by atoms with Gasteiger partial charge in [0.2, 0.25) is 0 Å². The minimum absolute atomic E-state index is 0. The Balaban J connectivity index is 0.00000176. The van der Waals surface area contributed by atoms with Gasteiger partial charge in [-0.3, -0.25) is 0 Å². The first-order valence-corrected chi connectivity index (χ1v) is 7.71. The molecule has 3 aromatic rings. The number of halogens is 1. The Morgan fingerprint density at radius 1 is 0.500 bits per heavy atom. The van der Waals surface area contributed by atoms with Gasteiger partial charge >= 0.3 is 0 Å². The first-order valence-electron chi connectivity index (χ1n) is 6.92. The fraction of sp³-hybridized carbons (Fsp3) is 0. The van der Waals surface area contributed by atoms with Crippen LogP contribution >= 0.6 is 25.8 Å². The smallest absolute Gasteiger partial charge is 0.0332 e. The summed E-state index contributed by atoms with van der Waals surface area (Å²) in [5.41, 5.74) is 4.81. The van der Waals surface area contributed by atoms with E-state index in [9.17, 15) is 0 Å². The lowest BCUT2D eigenvalue weighted by molar-refractivity contribution is 1.55. The Labute approximate surface area is 143 Å². The fourth-order valence-electron chi connectivity index (χ4n) is 2.36. The SMILES string of the molecule is BrC(=C(c1ccccc1)c1ccccc1)c1ccccc1.P. The Kier molecular flexibility index (Phi) is 6.12. The van der Waals surface area contributed by atoms with Gasteiger partial charge in [-0.15, -0.1) is 0 Å².